The molecular weight excluding hydrogens is 193 g/mol. The summed E-state index contributed by atoms with van der Waals surface area (Å²) in [5.41, 5.74) is 0.476. The maximum absolute atomic E-state index is 11.4. The third-order valence-electron chi connectivity index (χ3n) is 1.90. The van der Waals surface area contributed by atoms with Crippen molar-refractivity contribution in [2.75, 3.05) is 0 Å². The van der Waals surface area contributed by atoms with Crippen molar-refractivity contribution in [3.05, 3.63) is 52.1 Å². The fourth-order valence-corrected chi connectivity index (χ4v) is 1.15. The van der Waals surface area contributed by atoms with Crippen LogP contribution in [0.5, 0.6) is 0 Å². The van der Waals surface area contributed by atoms with Gasteiger partial charge in [0.25, 0.3) is 0 Å². The van der Waals surface area contributed by atoms with Gasteiger partial charge in [0.15, 0.2) is 0 Å². The molecule has 0 saturated carbocycles. The van der Waals surface area contributed by atoms with Crippen LogP contribution in [0.25, 0.3) is 0 Å². The predicted molar refractivity (Wildman–Crippen MR) is 59.9 cm³/mol. The number of allylic oxidation sites excluding steroid dienone is 1. The van der Waals surface area contributed by atoms with Gasteiger partial charge in [-0.15, -0.1) is 0 Å². The van der Waals surface area contributed by atoms with Crippen LogP contribution in [-0.4, -0.2) is 24.2 Å². The molecule has 0 saturated heterocycles. The number of rotatable bonds is 4. The number of hydrogen-bond donors (Lipinski definition) is 0. The molecule has 0 heterocycles. The molecule has 74 valence electrons. The summed E-state index contributed by atoms with van der Waals surface area (Å²) in [6.07, 6.45) is 1.05. The van der Waals surface area contributed by atoms with Gasteiger partial charge in [0.1, 0.15) is 0 Å². The van der Waals surface area contributed by atoms with Crippen LogP contribution in [-0.2, 0) is 0 Å². The van der Waals surface area contributed by atoms with Crippen molar-refractivity contribution in [3.8, 4) is 0 Å². The fraction of sp³-hybridized carbons (Fsp3) is 0. The van der Waals surface area contributed by atoms with E-state index in [1.165, 1.54) is 24.2 Å². The van der Waals surface area contributed by atoms with Gasteiger partial charge in [0.05, 0.1) is 0 Å². The van der Waals surface area contributed by atoms with E-state index in [0.29, 0.717) is 5.56 Å². The molecule has 1 aromatic rings. The quantitative estimate of drug-likeness (QED) is 0.240. The predicted octanol–water partition coefficient (Wildman–Crippen LogP) is 1.01. The molecule has 5 heteroatoms. The SMILES string of the molecule is B=Cc1ccc([N+](=O)[O-])c(C(=O)C=C)c1. The summed E-state index contributed by atoms with van der Waals surface area (Å²) >= 11 is 0. The number of nitro benzene ring substituents is 1. The number of ketones is 1. The maximum atomic E-state index is 11.4. The Labute approximate surface area is 87.5 Å². The van der Waals surface area contributed by atoms with Gasteiger partial charge in [-0.1, -0.05) is 0 Å². The summed E-state index contributed by atoms with van der Waals surface area (Å²) < 4.78 is 0. The number of nitro groups is 1. The van der Waals surface area contributed by atoms with Crippen molar-refractivity contribution in [2.45, 2.75) is 0 Å². The molecule has 0 unspecified atom stereocenters. The van der Waals surface area contributed by atoms with Gasteiger partial charge in [0.2, 0.25) is 0 Å². The number of hydrogen-bond acceptors (Lipinski definition) is 3. The molecule has 0 aliphatic carbocycles. The zero-order valence-electron chi connectivity index (χ0n) is 7.97. The molecule has 0 aromatic heterocycles. The van der Waals surface area contributed by atoms with Crippen molar-refractivity contribution in [3.63, 3.8) is 0 Å². The molecule has 0 fully saturated rings. The van der Waals surface area contributed by atoms with Crippen LogP contribution in [0, 0.1) is 10.1 Å². The van der Waals surface area contributed by atoms with Gasteiger partial charge in [-0.25, -0.2) is 0 Å². The van der Waals surface area contributed by atoms with Gasteiger partial charge in [-0.05, 0) is 0 Å². The fourth-order valence-electron chi connectivity index (χ4n) is 1.15. The molecule has 0 aliphatic heterocycles. The van der Waals surface area contributed by atoms with Crippen LogP contribution in [0.1, 0.15) is 15.9 Å². The van der Waals surface area contributed by atoms with E-state index in [4.69, 9.17) is 0 Å². The van der Waals surface area contributed by atoms with Gasteiger partial charge in [-0.3, -0.25) is 0 Å². The minimum atomic E-state index is -0.594. The first-order chi connectivity index (χ1) is 7.10. The number of nitrogens with zero attached hydrogens (tertiary/aromatic N) is 1. The number of carbonyl (C=O) groups is 1. The third-order valence-corrected chi connectivity index (χ3v) is 1.90. The molecule has 0 N–H and O–H groups in total. The Hall–Kier alpha value is -2.04. The van der Waals surface area contributed by atoms with Crippen molar-refractivity contribution >= 4 is 24.9 Å². The molecular formula is C10H8BNO3. The summed E-state index contributed by atoms with van der Waals surface area (Å²) in [7, 11) is 3.52. The summed E-state index contributed by atoms with van der Waals surface area (Å²) in [5.74, 6) is 1.05. The van der Waals surface area contributed by atoms with Crippen LogP contribution >= 0.6 is 0 Å². The number of carbonyl (C=O) groups excluding carboxylic acids is 1. The Morgan fingerprint density at radius 1 is 1.53 bits per heavy atom. The van der Waals surface area contributed by atoms with Crippen LogP contribution in [0.15, 0.2) is 30.9 Å². The Kier molecular flexibility index (Phi) is 3.28. The zero-order chi connectivity index (χ0) is 11.4. The van der Waals surface area contributed by atoms with Crippen molar-refractivity contribution in [1.82, 2.24) is 0 Å². The molecule has 0 atom stereocenters. The van der Waals surface area contributed by atoms with Crippen LogP contribution in [0.4, 0.5) is 5.69 Å². The standard InChI is InChI=1S/C10H8BNO3/c1-2-10(13)8-5-7(6-11)3-4-9(8)12(14)15/h2-6,11H,1H2. The third kappa shape index (κ3) is 2.25. The van der Waals surface area contributed by atoms with Crippen LogP contribution < -0.4 is 0 Å². The van der Waals surface area contributed by atoms with E-state index in [1.807, 2.05) is 0 Å². The van der Waals surface area contributed by atoms with Gasteiger partial charge in [-0.2, -0.15) is 0 Å². The molecule has 1 rings (SSSR count). The van der Waals surface area contributed by atoms with E-state index in [-0.39, 0.29) is 11.3 Å². The normalized spacial score (nSPS) is 9.27. The molecule has 0 spiro atoms. The van der Waals surface area contributed by atoms with Gasteiger partial charge < -0.3 is 0 Å². The molecule has 4 nitrogen and oxygen atoms in total. The Bertz CT molecular complexity index is 454. The average Bonchev–Trinajstić information content (AvgIpc) is 2.26. The van der Waals surface area contributed by atoms with Crippen LogP contribution in [0.3, 0.4) is 0 Å². The van der Waals surface area contributed by atoms with E-state index < -0.39 is 10.7 Å². The second-order valence-electron chi connectivity index (χ2n) is 2.81. The molecule has 0 radical (unpaired) electrons. The van der Waals surface area contributed by atoms with E-state index in [0.717, 1.165) is 6.08 Å². The Morgan fingerprint density at radius 2 is 2.20 bits per heavy atom. The van der Waals surface area contributed by atoms with Crippen LogP contribution in [0.2, 0.25) is 0 Å². The zero-order valence-corrected chi connectivity index (χ0v) is 7.97. The first-order valence-electron chi connectivity index (χ1n) is 4.17. The Morgan fingerprint density at radius 3 is 2.67 bits per heavy atom. The number of benzene rings is 1. The molecule has 15 heavy (non-hydrogen) atoms. The second kappa shape index (κ2) is 4.46. The van der Waals surface area contributed by atoms with E-state index in [1.54, 1.807) is 0 Å². The topological polar surface area (TPSA) is 60.2 Å². The second-order valence-corrected chi connectivity index (χ2v) is 2.81. The van der Waals surface area contributed by atoms with Crippen molar-refractivity contribution in [2.24, 2.45) is 0 Å². The summed E-state index contributed by atoms with van der Waals surface area (Å²) in [5, 5.41) is 10.6. The van der Waals surface area contributed by atoms with Crippen molar-refractivity contribution in [1.29, 1.82) is 0 Å². The minimum absolute atomic E-state index is 0.0346. The monoisotopic (exact) mass is 201 g/mol. The Balaban J connectivity index is 3.40. The average molecular weight is 201 g/mol. The van der Waals surface area contributed by atoms with E-state index in [9.17, 15) is 14.9 Å². The molecule has 0 amide bonds. The molecule has 1 aromatic carbocycles. The summed E-state index contributed by atoms with van der Waals surface area (Å²) in [6.45, 7) is 3.29. The summed E-state index contributed by atoms with van der Waals surface area (Å²) in [4.78, 5) is 21.4. The first-order valence-corrected chi connectivity index (χ1v) is 4.17. The van der Waals surface area contributed by atoms with Gasteiger partial charge in [0, 0.05) is 0 Å². The summed E-state index contributed by atoms with van der Waals surface area (Å²) in [6, 6.07) is 4.24. The van der Waals surface area contributed by atoms with Crippen molar-refractivity contribution < 1.29 is 9.72 Å². The molecule has 0 aliphatic rings. The van der Waals surface area contributed by atoms with Gasteiger partial charge >= 0.3 is 86.7 Å². The first kappa shape index (κ1) is 11.0. The van der Waals surface area contributed by atoms with E-state index in [2.05, 4.69) is 14.1 Å². The molecule has 0 bridgehead atoms. The van der Waals surface area contributed by atoms with E-state index >= 15 is 0 Å².